The second-order valence-corrected chi connectivity index (χ2v) is 2.89. The Balaban J connectivity index is 2.91. The molecule has 0 fully saturated rings. The van der Waals surface area contributed by atoms with Gasteiger partial charge in [0.15, 0.2) is 0 Å². The van der Waals surface area contributed by atoms with E-state index in [-0.39, 0.29) is 5.91 Å². The Morgan fingerprint density at radius 3 is 2.27 bits per heavy atom. The fourth-order valence-corrected chi connectivity index (χ4v) is 1.08. The highest BCUT2D eigenvalue weighted by atomic mass is 16.2. The molecule has 2 N–H and O–H groups in total. The first-order chi connectivity index (χ1) is 7.15. The maximum Gasteiger partial charge on any atom is 0.340 e. The summed E-state index contributed by atoms with van der Waals surface area (Å²) >= 11 is 0. The van der Waals surface area contributed by atoms with Crippen LogP contribution in [0.4, 0.5) is 10.5 Å². The Labute approximate surface area is 88.0 Å². The van der Waals surface area contributed by atoms with Gasteiger partial charge in [-0.25, -0.2) is 9.80 Å². The van der Waals surface area contributed by atoms with Crippen molar-refractivity contribution < 1.29 is 9.59 Å². The van der Waals surface area contributed by atoms with Crippen molar-refractivity contribution in [3.8, 4) is 0 Å². The summed E-state index contributed by atoms with van der Waals surface area (Å²) in [7, 11) is 1.50. The lowest BCUT2D eigenvalue weighted by molar-refractivity contribution is -0.119. The number of carbonyl (C=O) groups is 2. The number of urea groups is 1. The Morgan fingerprint density at radius 1 is 1.20 bits per heavy atom. The van der Waals surface area contributed by atoms with E-state index in [1.165, 1.54) is 14.0 Å². The number of hydrazine groups is 1. The number of hydrogen-bond acceptors (Lipinski definition) is 2. The van der Waals surface area contributed by atoms with E-state index >= 15 is 0 Å². The van der Waals surface area contributed by atoms with Crippen molar-refractivity contribution in [3.05, 3.63) is 30.3 Å². The molecule has 5 nitrogen and oxygen atoms in total. The third kappa shape index (κ3) is 2.98. The Hall–Kier alpha value is -2.04. The van der Waals surface area contributed by atoms with Gasteiger partial charge in [0, 0.05) is 14.0 Å². The monoisotopic (exact) mass is 207 g/mol. The third-order valence-electron chi connectivity index (χ3n) is 1.70. The minimum atomic E-state index is -0.392. The number of anilines is 1. The van der Waals surface area contributed by atoms with Gasteiger partial charge in [0.25, 0.3) is 0 Å². The molecule has 0 spiro atoms. The predicted octanol–water partition coefficient (Wildman–Crippen LogP) is 0.883. The van der Waals surface area contributed by atoms with Gasteiger partial charge in [-0.3, -0.25) is 10.2 Å². The zero-order chi connectivity index (χ0) is 11.3. The van der Waals surface area contributed by atoms with E-state index in [0.717, 1.165) is 5.01 Å². The molecule has 0 unspecified atom stereocenters. The predicted molar refractivity (Wildman–Crippen MR) is 57.2 cm³/mol. The third-order valence-corrected chi connectivity index (χ3v) is 1.70. The van der Waals surface area contributed by atoms with E-state index in [4.69, 9.17) is 0 Å². The molecule has 15 heavy (non-hydrogen) atoms. The van der Waals surface area contributed by atoms with Crippen molar-refractivity contribution >= 4 is 17.6 Å². The quantitative estimate of drug-likeness (QED) is 0.671. The number of nitrogens with zero attached hydrogens (tertiary/aromatic N) is 1. The van der Waals surface area contributed by atoms with Crippen molar-refractivity contribution in [2.45, 2.75) is 6.92 Å². The zero-order valence-electron chi connectivity index (χ0n) is 8.65. The summed E-state index contributed by atoms with van der Waals surface area (Å²) in [5.74, 6) is -0.303. The van der Waals surface area contributed by atoms with Crippen molar-refractivity contribution in [1.82, 2.24) is 10.7 Å². The zero-order valence-corrected chi connectivity index (χ0v) is 8.65. The fraction of sp³-hybridized carbons (Fsp3) is 0.200. The molecule has 0 saturated heterocycles. The molecule has 3 amide bonds. The summed E-state index contributed by atoms with van der Waals surface area (Å²) < 4.78 is 0. The van der Waals surface area contributed by atoms with E-state index in [1.54, 1.807) is 24.3 Å². The van der Waals surface area contributed by atoms with Gasteiger partial charge in [0.05, 0.1) is 5.69 Å². The van der Waals surface area contributed by atoms with Gasteiger partial charge in [-0.05, 0) is 12.1 Å². The number of carbonyl (C=O) groups excluding carboxylic acids is 2. The van der Waals surface area contributed by atoms with E-state index in [2.05, 4.69) is 10.7 Å². The number of benzene rings is 1. The summed E-state index contributed by atoms with van der Waals surface area (Å²) in [5.41, 5.74) is 3.03. The summed E-state index contributed by atoms with van der Waals surface area (Å²) in [6.07, 6.45) is 0. The average molecular weight is 207 g/mol. The van der Waals surface area contributed by atoms with Crippen LogP contribution in [-0.4, -0.2) is 19.0 Å². The Kier molecular flexibility index (Phi) is 3.68. The molecule has 0 aliphatic heterocycles. The van der Waals surface area contributed by atoms with Crippen LogP contribution in [0, 0.1) is 0 Å². The minimum absolute atomic E-state index is 0.303. The van der Waals surface area contributed by atoms with Crippen LogP contribution in [0.5, 0.6) is 0 Å². The molecule has 0 radical (unpaired) electrons. The van der Waals surface area contributed by atoms with Gasteiger partial charge >= 0.3 is 6.03 Å². The Bertz CT molecular complexity index is 351. The molecule has 0 aliphatic rings. The first-order valence-corrected chi connectivity index (χ1v) is 4.49. The maximum atomic E-state index is 11.4. The van der Waals surface area contributed by atoms with Crippen molar-refractivity contribution in [2.75, 3.05) is 12.1 Å². The summed E-state index contributed by atoms with van der Waals surface area (Å²) in [6.45, 7) is 1.35. The smallest absolute Gasteiger partial charge is 0.339 e. The molecule has 0 aliphatic carbocycles. The molecule has 1 aromatic carbocycles. The number of rotatable bonds is 1. The SMILES string of the molecule is CNC(=O)N(NC(C)=O)c1ccccc1. The lowest BCUT2D eigenvalue weighted by Crippen LogP contribution is -2.49. The van der Waals surface area contributed by atoms with Crippen LogP contribution >= 0.6 is 0 Å². The highest BCUT2D eigenvalue weighted by Crippen LogP contribution is 2.10. The van der Waals surface area contributed by atoms with Crippen molar-refractivity contribution in [3.63, 3.8) is 0 Å². The van der Waals surface area contributed by atoms with Crippen LogP contribution in [0.1, 0.15) is 6.92 Å². The molecule has 0 aromatic heterocycles. The lowest BCUT2D eigenvalue weighted by atomic mass is 10.3. The molecular weight excluding hydrogens is 194 g/mol. The molecule has 0 heterocycles. The van der Waals surface area contributed by atoms with Crippen LogP contribution in [-0.2, 0) is 4.79 Å². The lowest BCUT2D eigenvalue weighted by Gasteiger charge is -2.21. The molecule has 0 bridgehead atoms. The van der Waals surface area contributed by atoms with Crippen LogP contribution in [0.15, 0.2) is 30.3 Å². The number of hydrogen-bond donors (Lipinski definition) is 2. The van der Waals surface area contributed by atoms with Crippen LogP contribution < -0.4 is 15.8 Å². The van der Waals surface area contributed by atoms with Gasteiger partial charge in [0.2, 0.25) is 5.91 Å². The molecule has 1 aromatic rings. The van der Waals surface area contributed by atoms with Crippen LogP contribution in [0.3, 0.4) is 0 Å². The molecular formula is C10H13N3O2. The van der Waals surface area contributed by atoms with E-state index < -0.39 is 6.03 Å². The molecule has 80 valence electrons. The number of amides is 3. The number of nitrogens with one attached hydrogen (secondary N) is 2. The van der Waals surface area contributed by atoms with Crippen molar-refractivity contribution in [2.24, 2.45) is 0 Å². The normalized spacial score (nSPS) is 9.20. The topological polar surface area (TPSA) is 61.4 Å². The molecule has 5 heteroatoms. The van der Waals surface area contributed by atoms with Crippen LogP contribution in [0.25, 0.3) is 0 Å². The largest absolute Gasteiger partial charge is 0.340 e. The maximum absolute atomic E-state index is 11.4. The van der Waals surface area contributed by atoms with Crippen molar-refractivity contribution in [1.29, 1.82) is 0 Å². The molecule has 1 rings (SSSR count). The highest BCUT2D eigenvalue weighted by molar-refractivity contribution is 5.94. The first kappa shape index (κ1) is 11.0. The van der Waals surface area contributed by atoms with Gasteiger partial charge in [-0.2, -0.15) is 0 Å². The standard InChI is InChI=1S/C10H13N3O2/c1-8(14)12-13(10(15)11-2)9-6-4-3-5-7-9/h3-7H,1-2H3,(H,11,15)(H,12,14). The van der Waals surface area contributed by atoms with Gasteiger partial charge in [-0.15, -0.1) is 0 Å². The minimum Gasteiger partial charge on any atom is -0.339 e. The average Bonchev–Trinajstić information content (AvgIpc) is 2.26. The van der Waals surface area contributed by atoms with E-state index in [9.17, 15) is 9.59 Å². The summed E-state index contributed by atoms with van der Waals surface area (Å²) in [6, 6.07) is 8.46. The van der Waals surface area contributed by atoms with E-state index in [1.807, 2.05) is 6.07 Å². The van der Waals surface area contributed by atoms with Gasteiger partial charge in [0.1, 0.15) is 0 Å². The van der Waals surface area contributed by atoms with E-state index in [0.29, 0.717) is 5.69 Å². The first-order valence-electron chi connectivity index (χ1n) is 4.49. The molecule has 0 atom stereocenters. The molecule has 0 saturated carbocycles. The number of para-hydroxylation sites is 1. The van der Waals surface area contributed by atoms with Gasteiger partial charge < -0.3 is 5.32 Å². The fourth-order valence-electron chi connectivity index (χ4n) is 1.08. The van der Waals surface area contributed by atoms with Gasteiger partial charge in [-0.1, -0.05) is 18.2 Å². The summed E-state index contributed by atoms with van der Waals surface area (Å²) in [5, 5.41) is 3.60. The highest BCUT2D eigenvalue weighted by Gasteiger charge is 2.14. The second kappa shape index (κ2) is 4.99. The van der Waals surface area contributed by atoms with Crippen LogP contribution in [0.2, 0.25) is 0 Å². The second-order valence-electron chi connectivity index (χ2n) is 2.89. The Morgan fingerprint density at radius 2 is 1.80 bits per heavy atom. The summed E-state index contributed by atoms with van der Waals surface area (Å²) in [4.78, 5) is 22.4.